The van der Waals surface area contributed by atoms with Crippen molar-refractivity contribution in [3.05, 3.63) is 59.2 Å². The van der Waals surface area contributed by atoms with Gasteiger partial charge in [-0.2, -0.15) is 0 Å². The first-order chi connectivity index (χ1) is 11.6. The molecule has 2 aromatic carbocycles. The summed E-state index contributed by atoms with van der Waals surface area (Å²) in [7, 11) is 1.62. The number of ether oxygens (including phenoxy) is 2. The molecule has 0 aliphatic carbocycles. The van der Waals surface area contributed by atoms with Crippen LogP contribution in [0.15, 0.2) is 42.5 Å². The van der Waals surface area contributed by atoms with Gasteiger partial charge in [0.2, 0.25) is 0 Å². The smallest absolute Gasteiger partial charge is 0.251 e. The van der Waals surface area contributed by atoms with Gasteiger partial charge >= 0.3 is 0 Å². The molecule has 4 heteroatoms. The van der Waals surface area contributed by atoms with E-state index in [-0.39, 0.29) is 5.91 Å². The van der Waals surface area contributed by atoms with Crippen molar-refractivity contribution in [1.82, 2.24) is 5.32 Å². The summed E-state index contributed by atoms with van der Waals surface area (Å²) in [5.41, 5.74) is 2.62. The topological polar surface area (TPSA) is 47.6 Å². The maximum atomic E-state index is 12.0. The lowest BCUT2D eigenvalue weighted by Gasteiger charge is -2.16. The summed E-state index contributed by atoms with van der Waals surface area (Å²) < 4.78 is 11.4. The number of hydrogen-bond acceptors (Lipinski definition) is 3. The lowest BCUT2D eigenvalue weighted by Crippen LogP contribution is -2.22. The molecule has 0 aromatic heterocycles. The molecule has 0 aliphatic rings. The van der Waals surface area contributed by atoms with Crippen LogP contribution in [0.3, 0.4) is 0 Å². The number of hydrogen-bond donors (Lipinski definition) is 1. The van der Waals surface area contributed by atoms with Crippen LogP contribution in [0.25, 0.3) is 0 Å². The lowest BCUT2D eigenvalue weighted by molar-refractivity contribution is 0.0955. The summed E-state index contributed by atoms with van der Waals surface area (Å²) in [4.78, 5) is 12.0. The van der Waals surface area contributed by atoms with E-state index in [0.29, 0.717) is 30.4 Å². The van der Waals surface area contributed by atoms with Gasteiger partial charge in [0.05, 0.1) is 7.11 Å². The van der Waals surface area contributed by atoms with Crippen LogP contribution in [0.2, 0.25) is 0 Å². The van der Waals surface area contributed by atoms with Crippen molar-refractivity contribution in [2.45, 2.75) is 33.3 Å². The van der Waals surface area contributed by atoms with E-state index in [0.717, 1.165) is 16.9 Å². The van der Waals surface area contributed by atoms with Crippen LogP contribution in [-0.2, 0) is 6.61 Å². The minimum atomic E-state index is -0.0935. The van der Waals surface area contributed by atoms with Gasteiger partial charge in [0.15, 0.2) is 0 Å². The van der Waals surface area contributed by atoms with Gasteiger partial charge in [0, 0.05) is 17.7 Å². The van der Waals surface area contributed by atoms with Crippen molar-refractivity contribution in [2.24, 2.45) is 0 Å². The summed E-state index contributed by atoms with van der Waals surface area (Å²) in [6, 6.07) is 13.4. The van der Waals surface area contributed by atoms with Crippen LogP contribution in [-0.4, -0.2) is 19.6 Å². The maximum absolute atomic E-state index is 12.0. The molecule has 0 spiro atoms. The van der Waals surface area contributed by atoms with Crippen molar-refractivity contribution in [3.63, 3.8) is 0 Å². The molecule has 0 radical (unpaired) electrons. The Bertz CT molecular complexity index is 695. The minimum absolute atomic E-state index is 0.0935. The Labute approximate surface area is 143 Å². The highest BCUT2D eigenvalue weighted by Crippen LogP contribution is 2.28. The predicted octanol–water partition coefficient (Wildman–Crippen LogP) is 4.15. The van der Waals surface area contributed by atoms with Crippen LogP contribution in [0.1, 0.15) is 48.2 Å². The van der Waals surface area contributed by atoms with Crippen molar-refractivity contribution in [1.29, 1.82) is 0 Å². The molecule has 0 saturated carbocycles. The molecule has 2 rings (SSSR count). The van der Waals surface area contributed by atoms with Crippen molar-refractivity contribution < 1.29 is 14.3 Å². The van der Waals surface area contributed by atoms with Crippen molar-refractivity contribution >= 4 is 5.91 Å². The number of amides is 1. The van der Waals surface area contributed by atoms with Crippen LogP contribution in [0, 0.1) is 0 Å². The molecule has 0 saturated heterocycles. The number of methoxy groups -OCH3 is 1. The first kappa shape index (κ1) is 17.9. The van der Waals surface area contributed by atoms with Gasteiger partial charge in [-0.25, -0.2) is 0 Å². The second-order valence-electron chi connectivity index (χ2n) is 5.87. The summed E-state index contributed by atoms with van der Waals surface area (Å²) in [5, 5.41) is 2.80. The highest BCUT2D eigenvalue weighted by molar-refractivity contribution is 5.94. The molecule has 1 amide bonds. The average Bonchev–Trinajstić information content (AvgIpc) is 2.60. The Morgan fingerprint density at radius 3 is 2.54 bits per heavy atom. The summed E-state index contributed by atoms with van der Waals surface area (Å²) in [6.07, 6.45) is 0. The third-order valence-electron chi connectivity index (χ3n) is 3.80. The fourth-order valence-electron chi connectivity index (χ4n) is 2.54. The van der Waals surface area contributed by atoms with Gasteiger partial charge in [0.25, 0.3) is 5.91 Å². The van der Waals surface area contributed by atoms with Gasteiger partial charge in [0.1, 0.15) is 18.1 Å². The fraction of sp³-hybridized carbons (Fsp3) is 0.350. The highest BCUT2D eigenvalue weighted by Gasteiger charge is 2.12. The number of carbonyl (C=O) groups is 1. The maximum Gasteiger partial charge on any atom is 0.251 e. The number of rotatable bonds is 7. The largest absolute Gasteiger partial charge is 0.496 e. The van der Waals surface area contributed by atoms with E-state index < -0.39 is 0 Å². The first-order valence-electron chi connectivity index (χ1n) is 8.23. The van der Waals surface area contributed by atoms with Crippen molar-refractivity contribution in [3.8, 4) is 11.5 Å². The molecule has 1 N–H and O–H groups in total. The van der Waals surface area contributed by atoms with E-state index in [2.05, 4.69) is 25.2 Å². The molecule has 128 valence electrons. The van der Waals surface area contributed by atoms with Crippen LogP contribution >= 0.6 is 0 Å². The number of nitrogens with one attached hydrogen (secondary N) is 1. The number of benzene rings is 2. The summed E-state index contributed by atoms with van der Waals surface area (Å²) in [5.74, 6) is 1.86. The third-order valence-corrected chi connectivity index (χ3v) is 3.80. The zero-order valence-corrected chi connectivity index (χ0v) is 14.8. The fourth-order valence-corrected chi connectivity index (χ4v) is 2.54. The van der Waals surface area contributed by atoms with Gasteiger partial charge in [-0.15, -0.1) is 0 Å². The number of para-hydroxylation sites is 1. The molecule has 0 fully saturated rings. The Morgan fingerprint density at radius 2 is 1.88 bits per heavy atom. The monoisotopic (exact) mass is 327 g/mol. The van der Waals surface area contributed by atoms with E-state index in [1.54, 1.807) is 19.2 Å². The van der Waals surface area contributed by atoms with Crippen molar-refractivity contribution in [2.75, 3.05) is 13.7 Å². The van der Waals surface area contributed by atoms with E-state index in [4.69, 9.17) is 9.47 Å². The molecule has 24 heavy (non-hydrogen) atoms. The van der Waals surface area contributed by atoms with E-state index in [1.165, 1.54) is 0 Å². The Morgan fingerprint density at radius 1 is 1.12 bits per heavy atom. The molecule has 0 aliphatic heterocycles. The van der Waals surface area contributed by atoms with Crippen LogP contribution in [0.4, 0.5) is 0 Å². The third kappa shape index (κ3) is 4.28. The van der Waals surface area contributed by atoms with E-state index >= 15 is 0 Å². The van der Waals surface area contributed by atoms with Gasteiger partial charge < -0.3 is 14.8 Å². The highest BCUT2D eigenvalue weighted by atomic mass is 16.5. The van der Waals surface area contributed by atoms with Gasteiger partial charge in [-0.1, -0.05) is 32.0 Å². The first-order valence-corrected chi connectivity index (χ1v) is 8.23. The second kappa shape index (κ2) is 8.39. The second-order valence-corrected chi connectivity index (χ2v) is 5.87. The van der Waals surface area contributed by atoms with E-state index in [9.17, 15) is 4.79 Å². The molecular formula is C20H25NO3. The lowest BCUT2D eigenvalue weighted by atomic mass is 10.0. The molecular weight excluding hydrogens is 302 g/mol. The van der Waals surface area contributed by atoms with Crippen LogP contribution in [0.5, 0.6) is 11.5 Å². The summed E-state index contributed by atoms with van der Waals surface area (Å²) >= 11 is 0. The Hall–Kier alpha value is -2.49. The molecule has 0 atom stereocenters. The minimum Gasteiger partial charge on any atom is -0.496 e. The standard InChI is InChI=1S/C20H25NO3/c1-5-21-20(22)15-10-11-18(23-4)16(12-15)13-24-19-9-7-6-8-17(19)14(2)3/h6-12,14H,5,13H2,1-4H3,(H,21,22). The average molecular weight is 327 g/mol. The Balaban J connectivity index is 2.22. The van der Waals surface area contributed by atoms with Gasteiger partial charge in [-0.3, -0.25) is 4.79 Å². The SMILES string of the molecule is CCNC(=O)c1ccc(OC)c(COc2ccccc2C(C)C)c1. The van der Waals surface area contributed by atoms with E-state index in [1.807, 2.05) is 31.2 Å². The molecule has 4 nitrogen and oxygen atoms in total. The normalized spacial score (nSPS) is 10.5. The number of carbonyl (C=O) groups excluding carboxylic acids is 1. The molecule has 0 unspecified atom stereocenters. The zero-order valence-electron chi connectivity index (χ0n) is 14.8. The zero-order chi connectivity index (χ0) is 17.5. The molecule has 0 heterocycles. The molecule has 2 aromatic rings. The quantitative estimate of drug-likeness (QED) is 0.831. The predicted molar refractivity (Wildman–Crippen MR) is 95.9 cm³/mol. The molecule has 0 bridgehead atoms. The van der Waals surface area contributed by atoms with Crippen LogP contribution < -0.4 is 14.8 Å². The van der Waals surface area contributed by atoms with Gasteiger partial charge in [-0.05, 0) is 42.7 Å². The Kier molecular flexibility index (Phi) is 6.24. The summed E-state index contributed by atoms with van der Waals surface area (Å²) in [6.45, 7) is 7.11.